The fraction of sp³-hybridized carbons (Fsp3) is 0.400. The van der Waals surface area contributed by atoms with Crippen LogP contribution < -0.4 is 15.2 Å². The van der Waals surface area contributed by atoms with E-state index >= 15 is 0 Å². The lowest BCUT2D eigenvalue weighted by molar-refractivity contribution is 0.170. The molecule has 9 heteroatoms. The highest BCUT2D eigenvalue weighted by Crippen LogP contribution is 2.39. The summed E-state index contributed by atoms with van der Waals surface area (Å²) in [6.07, 6.45) is 9.21. The Morgan fingerprint density at radius 3 is 2.18 bits per heavy atom. The molecule has 8 nitrogen and oxygen atoms in total. The van der Waals surface area contributed by atoms with E-state index < -0.39 is 9.84 Å². The normalized spacial score (nSPS) is 17.1. The van der Waals surface area contributed by atoms with E-state index in [1.165, 1.54) is 36.6 Å². The second-order valence-corrected chi connectivity index (χ2v) is 11.2. The van der Waals surface area contributed by atoms with Gasteiger partial charge < -0.3 is 9.64 Å². The summed E-state index contributed by atoms with van der Waals surface area (Å²) < 4.78 is 31.1. The highest BCUT2D eigenvalue weighted by atomic mass is 32.2. The van der Waals surface area contributed by atoms with Crippen LogP contribution >= 0.6 is 0 Å². The summed E-state index contributed by atoms with van der Waals surface area (Å²) in [6.45, 7) is 3.44. The molecule has 1 saturated carbocycles. The van der Waals surface area contributed by atoms with Crippen molar-refractivity contribution in [2.75, 3.05) is 24.2 Å². The monoisotopic (exact) mass is 480 g/mol. The summed E-state index contributed by atoms with van der Waals surface area (Å²) in [5, 5.41) is 0. The van der Waals surface area contributed by atoms with Gasteiger partial charge in [0.2, 0.25) is 5.95 Å². The van der Waals surface area contributed by atoms with E-state index in [9.17, 15) is 13.2 Å². The van der Waals surface area contributed by atoms with Crippen LogP contribution in [0, 0.1) is 6.92 Å². The van der Waals surface area contributed by atoms with E-state index in [2.05, 4.69) is 14.9 Å². The molecule has 1 aliphatic heterocycles. The lowest BCUT2D eigenvalue weighted by Crippen LogP contribution is -2.39. The molecule has 2 fully saturated rings. The number of benzene rings is 1. The molecule has 0 bridgehead atoms. The first kappa shape index (κ1) is 22.6. The first-order valence-corrected chi connectivity index (χ1v) is 13.4. The third kappa shape index (κ3) is 4.84. The number of sulfone groups is 1. The van der Waals surface area contributed by atoms with E-state index in [4.69, 9.17) is 4.74 Å². The number of piperidine rings is 1. The molecule has 0 spiro atoms. The molecular weight excluding hydrogens is 452 g/mol. The van der Waals surface area contributed by atoms with Crippen LogP contribution in [0.25, 0.3) is 5.69 Å². The van der Waals surface area contributed by atoms with E-state index in [1.54, 1.807) is 16.7 Å². The minimum atomic E-state index is -3.29. The van der Waals surface area contributed by atoms with Crippen molar-refractivity contribution in [3.05, 3.63) is 70.4 Å². The number of hydrogen-bond donors (Lipinski definition) is 0. The van der Waals surface area contributed by atoms with Crippen LogP contribution in [0.15, 0.2) is 58.5 Å². The maximum Gasteiger partial charge on any atom is 0.258 e. The van der Waals surface area contributed by atoms with Crippen molar-refractivity contribution in [3.63, 3.8) is 0 Å². The number of nitrogens with zero attached hydrogens (tertiary/aromatic N) is 4. The van der Waals surface area contributed by atoms with Crippen LogP contribution in [0.1, 0.15) is 42.9 Å². The first-order valence-electron chi connectivity index (χ1n) is 11.6. The number of hydrogen-bond acceptors (Lipinski definition) is 7. The number of anilines is 1. The van der Waals surface area contributed by atoms with Gasteiger partial charge in [-0.05, 0) is 55.5 Å². The molecule has 1 aromatic carbocycles. The van der Waals surface area contributed by atoms with Gasteiger partial charge in [-0.2, -0.15) is 0 Å². The maximum atomic E-state index is 12.8. The number of aromatic nitrogens is 3. The molecule has 0 unspecified atom stereocenters. The van der Waals surface area contributed by atoms with Gasteiger partial charge in [0.25, 0.3) is 5.56 Å². The SMILES string of the molecule is Cc1cc(OC2CCN(c3ncc(C4CC4)cn3)CC2)cc(=O)n1-c1ccc(S(C)(=O)=O)cc1. The van der Waals surface area contributed by atoms with Gasteiger partial charge in [0.1, 0.15) is 11.9 Å². The Morgan fingerprint density at radius 2 is 1.62 bits per heavy atom. The molecule has 1 aliphatic carbocycles. The second-order valence-electron chi connectivity index (χ2n) is 9.17. The summed E-state index contributed by atoms with van der Waals surface area (Å²) in [5.41, 5.74) is 2.35. The van der Waals surface area contributed by atoms with Crippen LogP contribution in [-0.4, -0.2) is 48.4 Å². The highest BCUT2D eigenvalue weighted by Gasteiger charge is 2.26. The van der Waals surface area contributed by atoms with Gasteiger partial charge in [0.15, 0.2) is 9.84 Å². The van der Waals surface area contributed by atoms with Gasteiger partial charge in [0.05, 0.1) is 4.90 Å². The van der Waals surface area contributed by atoms with Gasteiger partial charge in [-0.15, -0.1) is 0 Å². The Morgan fingerprint density at radius 1 is 0.971 bits per heavy atom. The van der Waals surface area contributed by atoms with Crippen LogP contribution in [0.3, 0.4) is 0 Å². The Kier molecular flexibility index (Phi) is 5.89. The Labute approximate surface area is 199 Å². The van der Waals surface area contributed by atoms with Crippen molar-refractivity contribution >= 4 is 15.8 Å². The molecule has 3 heterocycles. The minimum Gasteiger partial charge on any atom is -0.490 e. The largest absolute Gasteiger partial charge is 0.490 e. The zero-order valence-electron chi connectivity index (χ0n) is 19.3. The molecule has 1 saturated heterocycles. The predicted molar refractivity (Wildman–Crippen MR) is 130 cm³/mol. The summed E-state index contributed by atoms with van der Waals surface area (Å²) in [6, 6.07) is 9.64. The highest BCUT2D eigenvalue weighted by molar-refractivity contribution is 7.90. The maximum absolute atomic E-state index is 12.8. The number of aryl methyl sites for hydroxylation is 1. The summed E-state index contributed by atoms with van der Waals surface area (Å²) in [5.74, 6) is 1.97. The van der Waals surface area contributed by atoms with Gasteiger partial charge in [-0.3, -0.25) is 9.36 Å². The fourth-order valence-electron chi connectivity index (χ4n) is 4.40. The molecule has 2 aromatic heterocycles. The average Bonchev–Trinajstić information content (AvgIpc) is 3.65. The molecule has 0 radical (unpaired) electrons. The van der Waals surface area contributed by atoms with E-state index in [0.29, 0.717) is 17.4 Å². The summed E-state index contributed by atoms with van der Waals surface area (Å²) >= 11 is 0. The lowest BCUT2D eigenvalue weighted by atomic mass is 10.1. The van der Waals surface area contributed by atoms with E-state index in [0.717, 1.165) is 43.8 Å². The molecule has 5 rings (SSSR count). The van der Waals surface area contributed by atoms with Crippen LogP contribution in [0.5, 0.6) is 5.75 Å². The predicted octanol–water partition coefficient (Wildman–Crippen LogP) is 3.26. The second kappa shape index (κ2) is 8.87. The standard InChI is InChI=1S/C25H28N4O4S/c1-17-13-22(14-24(30)29(17)20-5-7-23(8-6-20)34(2,31)32)33-21-9-11-28(12-10-21)25-26-15-19(16-27-25)18-3-4-18/h5-8,13-16,18,21H,3-4,9-12H2,1-2H3. The average molecular weight is 481 g/mol. The van der Waals surface area contributed by atoms with Crippen LogP contribution in [-0.2, 0) is 9.84 Å². The Bertz CT molecular complexity index is 1340. The third-order valence-corrected chi connectivity index (χ3v) is 7.58. The fourth-order valence-corrected chi connectivity index (χ4v) is 5.03. The molecule has 0 atom stereocenters. The molecular formula is C25H28N4O4S. The van der Waals surface area contributed by atoms with E-state index in [-0.39, 0.29) is 16.6 Å². The summed E-state index contributed by atoms with van der Waals surface area (Å²) in [4.78, 5) is 24.3. The topological polar surface area (TPSA) is 94.4 Å². The van der Waals surface area contributed by atoms with Crippen molar-refractivity contribution < 1.29 is 13.2 Å². The van der Waals surface area contributed by atoms with Gasteiger partial charge in [-0.25, -0.2) is 18.4 Å². The minimum absolute atomic E-state index is 0.0191. The first-order chi connectivity index (χ1) is 16.3. The van der Waals surface area contributed by atoms with Crippen LogP contribution in [0.2, 0.25) is 0 Å². The van der Waals surface area contributed by atoms with Crippen molar-refractivity contribution in [2.24, 2.45) is 0 Å². The molecule has 0 amide bonds. The number of rotatable bonds is 6. The van der Waals surface area contributed by atoms with Crippen molar-refractivity contribution in [1.29, 1.82) is 0 Å². The number of pyridine rings is 1. The number of ether oxygens (including phenoxy) is 1. The smallest absolute Gasteiger partial charge is 0.258 e. The molecule has 0 N–H and O–H groups in total. The lowest BCUT2D eigenvalue weighted by Gasteiger charge is -2.32. The Balaban J connectivity index is 1.23. The van der Waals surface area contributed by atoms with Gasteiger partial charge >= 0.3 is 0 Å². The molecule has 2 aliphatic rings. The van der Waals surface area contributed by atoms with E-state index in [1.807, 2.05) is 25.4 Å². The third-order valence-electron chi connectivity index (χ3n) is 6.45. The summed E-state index contributed by atoms with van der Waals surface area (Å²) in [7, 11) is -3.29. The zero-order valence-corrected chi connectivity index (χ0v) is 20.2. The van der Waals surface area contributed by atoms with Gasteiger partial charge in [0, 0.05) is 68.1 Å². The Hall–Kier alpha value is -3.20. The van der Waals surface area contributed by atoms with Crippen molar-refractivity contribution in [2.45, 2.75) is 49.5 Å². The van der Waals surface area contributed by atoms with Crippen LogP contribution in [0.4, 0.5) is 5.95 Å². The molecule has 34 heavy (non-hydrogen) atoms. The quantitative estimate of drug-likeness (QED) is 0.534. The van der Waals surface area contributed by atoms with Crippen molar-refractivity contribution in [1.82, 2.24) is 14.5 Å². The molecule has 178 valence electrons. The van der Waals surface area contributed by atoms with Gasteiger partial charge in [-0.1, -0.05) is 0 Å². The van der Waals surface area contributed by atoms with Crippen molar-refractivity contribution in [3.8, 4) is 11.4 Å². The molecule has 3 aromatic rings. The zero-order chi connectivity index (χ0) is 23.9.